The average Bonchev–Trinajstić information content (AvgIpc) is 2.89. The molecule has 3 rings (SSSR count). The molecular weight excluding hydrogens is 264 g/mol. The molecule has 3 heteroatoms. The van der Waals surface area contributed by atoms with E-state index in [1.54, 1.807) is 16.9 Å². The van der Waals surface area contributed by atoms with E-state index in [1.165, 1.54) is 48.8 Å². The van der Waals surface area contributed by atoms with E-state index in [0.29, 0.717) is 6.04 Å². The number of likely N-dealkylation sites (N-methyl/N-ethyl adjacent to an activating group) is 1. The van der Waals surface area contributed by atoms with E-state index >= 15 is 0 Å². The van der Waals surface area contributed by atoms with Gasteiger partial charge in [0.25, 0.3) is 0 Å². The van der Waals surface area contributed by atoms with Gasteiger partial charge in [-0.3, -0.25) is 4.98 Å². The van der Waals surface area contributed by atoms with E-state index in [0.717, 1.165) is 5.52 Å². The lowest BCUT2D eigenvalue weighted by Crippen LogP contribution is -2.19. The Labute approximate surface area is 124 Å². The summed E-state index contributed by atoms with van der Waals surface area (Å²) >= 11 is 1.77. The van der Waals surface area contributed by atoms with Crippen LogP contribution in [0.15, 0.2) is 35.4 Å². The topological polar surface area (TPSA) is 24.9 Å². The number of fused-ring (bicyclic) bond motifs is 1. The first-order valence-corrected chi connectivity index (χ1v) is 8.46. The van der Waals surface area contributed by atoms with Crippen molar-refractivity contribution in [3.05, 3.63) is 40.9 Å². The molecule has 1 aliphatic carbocycles. The van der Waals surface area contributed by atoms with E-state index in [-0.39, 0.29) is 0 Å². The van der Waals surface area contributed by atoms with Crippen LogP contribution in [0, 0.1) is 0 Å². The Morgan fingerprint density at radius 2 is 2.15 bits per heavy atom. The van der Waals surface area contributed by atoms with Crippen LogP contribution in [0.4, 0.5) is 0 Å². The zero-order chi connectivity index (χ0) is 13.8. The molecule has 0 spiro atoms. The molecule has 1 atom stereocenters. The monoisotopic (exact) mass is 286 g/mol. The second-order valence-corrected chi connectivity index (χ2v) is 6.47. The summed E-state index contributed by atoms with van der Waals surface area (Å²) in [7, 11) is 2.06. The molecule has 2 aromatic rings. The van der Waals surface area contributed by atoms with Crippen LogP contribution in [0.2, 0.25) is 0 Å². The molecule has 2 aromatic heterocycles. The van der Waals surface area contributed by atoms with Gasteiger partial charge in [-0.05, 0) is 55.8 Å². The molecule has 0 bridgehead atoms. The molecule has 1 N–H and O–H groups in total. The van der Waals surface area contributed by atoms with Crippen molar-refractivity contribution in [1.29, 1.82) is 0 Å². The summed E-state index contributed by atoms with van der Waals surface area (Å²) in [6.07, 6.45) is 12.3. The minimum atomic E-state index is 0.326. The van der Waals surface area contributed by atoms with Gasteiger partial charge in [0, 0.05) is 6.20 Å². The molecule has 0 radical (unpaired) electrons. The van der Waals surface area contributed by atoms with Gasteiger partial charge in [0.2, 0.25) is 0 Å². The summed E-state index contributed by atoms with van der Waals surface area (Å²) in [5, 5.41) is 5.61. The summed E-state index contributed by atoms with van der Waals surface area (Å²) in [6, 6.07) is 4.72. The lowest BCUT2D eigenvalue weighted by atomic mass is 9.91. The largest absolute Gasteiger partial charge is 0.310 e. The van der Waals surface area contributed by atoms with Crippen LogP contribution in [0.25, 0.3) is 10.2 Å². The van der Waals surface area contributed by atoms with Crippen molar-refractivity contribution < 1.29 is 0 Å². The van der Waals surface area contributed by atoms with E-state index in [9.17, 15) is 0 Å². The van der Waals surface area contributed by atoms with Crippen molar-refractivity contribution in [2.45, 2.75) is 44.6 Å². The number of pyridine rings is 1. The van der Waals surface area contributed by atoms with Crippen LogP contribution < -0.4 is 5.32 Å². The van der Waals surface area contributed by atoms with Crippen molar-refractivity contribution in [1.82, 2.24) is 10.3 Å². The van der Waals surface area contributed by atoms with Gasteiger partial charge in [0.1, 0.15) is 0 Å². The van der Waals surface area contributed by atoms with Crippen molar-refractivity contribution in [2.75, 3.05) is 7.05 Å². The lowest BCUT2D eigenvalue weighted by molar-refractivity contribution is 0.573. The summed E-state index contributed by atoms with van der Waals surface area (Å²) in [5.41, 5.74) is 3.96. The van der Waals surface area contributed by atoms with Gasteiger partial charge in [0.05, 0.1) is 16.3 Å². The molecule has 0 amide bonds. The first kappa shape index (κ1) is 13.8. The highest BCUT2D eigenvalue weighted by atomic mass is 32.1. The molecule has 1 aliphatic rings. The second-order valence-electron chi connectivity index (χ2n) is 5.53. The van der Waals surface area contributed by atoms with Crippen molar-refractivity contribution in [2.24, 2.45) is 0 Å². The van der Waals surface area contributed by atoms with Crippen LogP contribution in [-0.2, 0) is 0 Å². The summed E-state index contributed by atoms with van der Waals surface area (Å²) < 4.78 is 1.29. The zero-order valence-electron chi connectivity index (χ0n) is 12.1. The Morgan fingerprint density at radius 1 is 1.25 bits per heavy atom. The quantitative estimate of drug-likeness (QED) is 0.817. The highest BCUT2D eigenvalue weighted by Gasteiger charge is 2.16. The molecule has 2 nitrogen and oxygen atoms in total. The van der Waals surface area contributed by atoms with Crippen LogP contribution in [0.5, 0.6) is 0 Å². The maximum absolute atomic E-state index is 4.59. The molecule has 0 aliphatic heterocycles. The first-order chi connectivity index (χ1) is 9.88. The predicted octanol–water partition coefficient (Wildman–Crippen LogP) is 4.84. The number of rotatable bonds is 3. The minimum Gasteiger partial charge on any atom is -0.310 e. The Balaban J connectivity index is 1.90. The third-order valence-electron chi connectivity index (χ3n) is 4.14. The standard InChI is InChI=1S/C17H22N2S/c1-18-17(13-7-5-3-2-4-6-8-13)14-11-16-15(19-12-14)9-10-20-16/h7,9-12,17-18H,2-6,8H2,1H3/b13-7+. The molecule has 0 saturated carbocycles. The van der Waals surface area contributed by atoms with E-state index in [4.69, 9.17) is 0 Å². The Kier molecular flexibility index (Phi) is 4.48. The molecule has 106 valence electrons. The maximum atomic E-state index is 4.59. The van der Waals surface area contributed by atoms with Crippen LogP contribution in [0.1, 0.15) is 50.1 Å². The number of aromatic nitrogens is 1. The highest BCUT2D eigenvalue weighted by Crippen LogP contribution is 2.30. The summed E-state index contributed by atoms with van der Waals surface area (Å²) in [4.78, 5) is 4.59. The Hall–Kier alpha value is -1.19. The normalized spacial score (nSPS) is 20.9. The third kappa shape index (κ3) is 2.94. The van der Waals surface area contributed by atoms with Crippen LogP contribution >= 0.6 is 11.3 Å². The van der Waals surface area contributed by atoms with E-state index in [2.05, 4.69) is 40.9 Å². The van der Waals surface area contributed by atoms with Gasteiger partial charge in [-0.1, -0.05) is 24.5 Å². The number of nitrogens with one attached hydrogen (secondary N) is 1. The van der Waals surface area contributed by atoms with Gasteiger partial charge in [-0.2, -0.15) is 0 Å². The number of nitrogens with zero attached hydrogens (tertiary/aromatic N) is 1. The van der Waals surface area contributed by atoms with Crippen molar-refractivity contribution in [3.8, 4) is 0 Å². The fourth-order valence-corrected chi connectivity index (χ4v) is 3.85. The number of hydrogen-bond donors (Lipinski definition) is 1. The molecule has 2 heterocycles. The van der Waals surface area contributed by atoms with Crippen LogP contribution in [-0.4, -0.2) is 12.0 Å². The maximum Gasteiger partial charge on any atom is 0.0809 e. The second kappa shape index (κ2) is 6.51. The Morgan fingerprint density at radius 3 is 3.05 bits per heavy atom. The first-order valence-electron chi connectivity index (χ1n) is 7.58. The molecule has 0 saturated heterocycles. The van der Waals surface area contributed by atoms with E-state index < -0.39 is 0 Å². The van der Waals surface area contributed by atoms with Gasteiger partial charge in [0.15, 0.2) is 0 Å². The van der Waals surface area contributed by atoms with Crippen molar-refractivity contribution >= 4 is 21.6 Å². The molecule has 0 aromatic carbocycles. The zero-order valence-corrected chi connectivity index (χ0v) is 12.9. The SMILES string of the molecule is CNC(/C1=C/CCCCCC1)c1cnc2ccsc2c1. The highest BCUT2D eigenvalue weighted by molar-refractivity contribution is 7.17. The molecule has 1 unspecified atom stereocenters. The smallest absolute Gasteiger partial charge is 0.0809 e. The Bertz CT molecular complexity index is 600. The fraction of sp³-hybridized carbons (Fsp3) is 0.471. The number of thiophene rings is 1. The fourth-order valence-electron chi connectivity index (χ4n) is 3.06. The predicted molar refractivity (Wildman–Crippen MR) is 87.2 cm³/mol. The summed E-state index contributed by atoms with van der Waals surface area (Å²) in [6.45, 7) is 0. The van der Waals surface area contributed by atoms with Crippen molar-refractivity contribution in [3.63, 3.8) is 0 Å². The lowest BCUT2D eigenvalue weighted by Gasteiger charge is -2.22. The molecular formula is C17H22N2S. The van der Waals surface area contributed by atoms with Gasteiger partial charge in [-0.25, -0.2) is 0 Å². The molecule has 0 fully saturated rings. The van der Waals surface area contributed by atoms with Gasteiger partial charge < -0.3 is 5.32 Å². The molecule has 20 heavy (non-hydrogen) atoms. The van der Waals surface area contributed by atoms with E-state index in [1.807, 2.05) is 6.20 Å². The third-order valence-corrected chi connectivity index (χ3v) is 5.00. The van der Waals surface area contributed by atoms with Gasteiger partial charge >= 0.3 is 0 Å². The van der Waals surface area contributed by atoms with Gasteiger partial charge in [-0.15, -0.1) is 11.3 Å². The number of hydrogen-bond acceptors (Lipinski definition) is 3. The summed E-state index contributed by atoms with van der Waals surface area (Å²) in [5.74, 6) is 0. The number of allylic oxidation sites excluding steroid dienone is 1. The minimum absolute atomic E-state index is 0.326. The average molecular weight is 286 g/mol. The van der Waals surface area contributed by atoms with Crippen LogP contribution in [0.3, 0.4) is 0 Å².